The number of carbonyl (C=O) groups is 2. The molecule has 2 heterocycles. The van der Waals surface area contributed by atoms with Crippen LogP contribution in [0.15, 0.2) is 12.3 Å². The molecule has 6 heteroatoms. The Kier molecular flexibility index (Phi) is 5.74. The standard InChI is InChI=1S/C17H25ClN2O3/c1-10(2)15(23-17(22)14-6-13(18)7-19-14)16(21)20-8-11(3)5-12(4)9-20/h6-7,10-12,15,19H,5,8-9H2,1-4H3/t11-,12+,15-/m1/s1. The minimum absolute atomic E-state index is 0.0931. The maximum absolute atomic E-state index is 12.8. The van der Waals surface area contributed by atoms with Gasteiger partial charge in [-0.25, -0.2) is 4.79 Å². The van der Waals surface area contributed by atoms with Crippen molar-refractivity contribution in [2.24, 2.45) is 17.8 Å². The second-order valence-corrected chi connectivity index (χ2v) is 7.43. The van der Waals surface area contributed by atoms with Gasteiger partial charge in [-0.15, -0.1) is 0 Å². The second kappa shape index (κ2) is 7.39. The van der Waals surface area contributed by atoms with E-state index in [1.54, 1.807) is 0 Å². The molecule has 1 N–H and O–H groups in total. The smallest absolute Gasteiger partial charge is 0.355 e. The van der Waals surface area contributed by atoms with Crippen LogP contribution in [0.25, 0.3) is 0 Å². The van der Waals surface area contributed by atoms with Gasteiger partial charge >= 0.3 is 5.97 Å². The number of nitrogens with zero attached hydrogens (tertiary/aromatic N) is 1. The fourth-order valence-electron chi connectivity index (χ4n) is 3.16. The Morgan fingerprint density at radius 1 is 1.30 bits per heavy atom. The van der Waals surface area contributed by atoms with Gasteiger partial charge in [0.25, 0.3) is 5.91 Å². The molecular weight excluding hydrogens is 316 g/mol. The summed E-state index contributed by atoms with van der Waals surface area (Å²) in [6.45, 7) is 9.50. The van der Waals surface area contributed by atoms with E-state index < -0.39 is 12.1 Å². The topological polar surface area (TPSA) is 62.4 Å². The van der Waals surface area contributed by atoms with Crippen LogP contribution >= 0.6 is 11.6 Å². The maximum atomic E-state index is 12.8. The predicted octanol–water partition coefficient (Wildman–Crippen LogP) is 3.35. The number of piperidine rings is 1. The molecule has 0 aromatic carbocycles. The van der Waals surface area contributed by atoms with Crippen molar-refractivity contribution < 1.29 is 14.3 Å². The first-order valence-corrected chi connectivity index (χ1v) is 8.49. The molecule has 1 amide bonds. The minimum Gasteiger partial charge on any atom is -0.447 e. The number of ether oxygens (including phenoxy) is 1. The van der Waals surface area contributed by atoms with Crippen LogP contribution < -0.4 is 0 Å². The van der Waals surface area contributed by atoms with Crippen molar-refractivity contribution in [3.8, 4) is 0 Å². The van der Waals surface area contributed by atoms with Gasteiger partial charge in [0, 0.05) is 19.3 Å². The molecule has 0 radical (unpaired) electrons. The molecule has 1 aromatic rings. The van der Waals surface area contributed by atoms with Crippen LogP contribution in [-0.2, 0) is 9.53 Å². The first kappa shape index (κ1) is 17.9. The van der Waals surface area contributed by atoms with Gasteiger partial charge in [0.05, 0.1) is 5.02 Å². The van der Waals surface area contributed by atoms with Crippen LogP contribution in [0.4, 0.5) is 0 Å². The average molecular weight is 341 g/mol. The Labute approximate surface area is 142 Å². The van der Waals surface area contributed by atoms with Crippen molar-refractivity contribution in [3.63, 3.8) is 0 Å². The third-order valence-electron chi connectivity index (χ3n) is 4.13. The molecule has 1 saturated heterocycles. The number of esters is 1. The fourth-order valence-corrected chi connectivity index (χ4v) is 3.32. The zero-order valence-electron chi connectivity index (χ0n) is 14.1. The molecule has 1 aromatic heterocycles. The lowest BCUT2D eigenvalue weighted by Gasteiger charge is -2.37. The van der Waals surface area contributed by atoms with E-state index in [2.05, 4.69) is 18.8 Å². The molecule has 5 nitrogen and oxygen atoms in total. The third-order valence-corrected chi connectivity index (χ3v) is 4.35. The number of hydrogen-bond acceptors (Lipinski definition) is 3. The molecule has 0 unspecified atom stereocenters. The van der Waals surface area contributed by atoms with Gasteiger partial charge < -0.3 is 14.6 Å². The van der Waals surface area contributed by atoms with E-state index >= 15 is 0 Å². The summed E-state index contributed by atoms with van der Waals surface area (Å²) in [5, 5.41) is 0.433. The van der Waals surface area contributed by atoms with Gasteiger partial charge in [-0.2, -0.15) is 0 Å². The van der Waals surface area contributed by atoms with E-state index in [1.807, 2.05) is 18.7 Å². The Morgan fingerprint density at radius 3 is 2.39 bits per heavy atom. The van der Waals surface area contributed by atoms with E-state index in [9.17, 15) is 9.59 Å². The van der Waals surface area contributed by atoms with Gasteiger partial charge in [0.15, 0.2) is 6.10 Å². The Hall–Kier alpha value is -1.49. The normalized spacial score (nSPS) is 23.0. The number of nitrogens with one attached hydrogen (secondary N) is 1. The van der Waals surface area contributed by atoms with Gasteiger partial charge in [-0.05, 0) is 30.2 Å². The van der Waals surface area contributed by atoms with E-state index in [-0.39, 0.29) is 17.5 Å². The van der Waals surface area contributed by atoms with Crippen molar-refractivity contribution in [3.05, 3.63) is 23.0 Å². The largest absolute Gasteiger partial charge is 0.447 e. The zero-order valence-corrected chi connectivity index (χ0v) is 14.9. The number of aromatic nitrogens is 1. The number of amides is 1. The van der Waals surface area contributed by atoms with Crippen molar-refractivity contribution in [1.82, 2.24) is 9.88 Å². The molecule has 1 fully saturated rings. The molecule has 1 aliphatic heterocycles. The van der Waals surface area contributed by atoms with Gasteiger partial charge in [0.2, 0.25) is 0 Å². The van der Waals surface area contributed by atoms with E-state index in [1.165, 1.54) is 12.3 Å². The highest BCUT2D eigenvalue weighted by Gasteiger charge is 2.34. The summed E-state index contributed by atoms with van der Waals surface area (Å²) >= 11 is 5.81. The molecule has 0 aliphatic carbocycles. The van der Waals surface area contributed by atoms with E-state index in [4.69, 9.17) is 16.3 Å². The molecule has 0 bridgehead atoms. The lowest BCUT2D eigenvalue weighted by Crippen LogP contribution is -2.49. The Bertz CT molecular complexity index is 560. The molecular formula is C17H25ClN2O3. The summed E-state index contributed by atoms with van der Waals surface area (Å²) in [5.74, 6) is 0.178. The Balaban J connectivity index is 2.08. The van der Waals surface area contributed by atoms with Crippen LogP contribution in [0.1, 0.15) is 44.6 Å². The SMILES string of the molecule is CC(C)[C@@H](OC(=O)c1cc(Cl)c[nH]1)C(=O)N1C[C@H](C)C[C@H](C)C1. The molecule has 23 heavy (non-hydrogen) atoms. The zero-order chi connectivity index (χ0) is 17.1. The number of H-pyrrole nitrogens is 1. The van der Waals surface area contributed by atoms with Gasteiger partial charge in [-0.1, -0.05) is 39.3 Å². The monoisotopic (exact) mass is 340 g/mol. The van der Waals surface area contributed by atoms with Crippen molar-refractivity contribution in [1.29, 1.82) is 0 Å². The first-order valence-electron chi connectivity index (χ1n) is 8.11. The highest BCUT2D eigenvalue weighted by atomic mass is 35.5. The van der Waals surface area contributed by atoms with E-state index in [0.29, 0.717) is 16.9 Å². The highest BCUT2D eigenvalue weighted by molar-refractivity contribution is 6.30. The number of halogens is 1. The summed E-state index contributed by atoms with van der Waals surface area (Å²) < 4.78 is 5.48. The molecule has 0 spiro atoms. The van der Waals surface area contributed by atoms with Crippen LogP contribution in [0.5, 0.6) is 0 Å². The van der Waals surface area contributed by atoms with Crippen molar-refractivity contribution >= 4 is 23.5 Å². The minimum atomic E-state index is -0.776. The molecule has 0 saturated carbocycles. The summed E-state index contributed by atoms with van der Waals surface area (Å²) in [5.41, 5.74) is 0.258. The quantitative estimate of drug-likeness (QED) is 0.855. The fraction of sp³-hybridized carbons (Fsp3) is 0.647. The van der Waals surface area contributed by atoms with Crippen LogP contribution in [0.3, 0.4) is 0 Å². The lowest BCUT2D eigenvalue weighted by molar-refractivity contribution is -0.145. The second-order valence-electron chi connectivity index (χ2n) is 6.99. The molecule has 2 rings (SSSR count). The van der Waals surface area contributed by atoms with Crippen LogP contribution in [0, 0.1) is 17.8 Å². The van der Waals surface area contributed by atoms with Gasteiger partial charge in [-0.3, -0.25) is 4.79 Å². The van der Waals surface area contributed by atoms with Crippen molar-refractivity contribution in [2.45, 2.75) is 40.2 Å². The molecule has 1 aliphatic rings. The number of hydrogen-bond donors (Lipinski definition) is 1. The predicted molar refractivity (Wildman–Crippen MR) is 89.4 cm³/mol. The number of rotatable bonds is 4. The molecule has 128 valence electrons. The Morgan fingerprint density at radius 2 is 1.91 bits per heavy atom. The van der Waals surface area contributed by atoms with Gasteiger partial charge in [0.1, 0.15) is 5.69 Å². The first-order chi connectivity index (χ1) is 10.8. The molecule has 3 atom stereocenters. The number of aromatic amines is 1. The summed E-state index contributed by atoms with van der Waals surface area (Å²) in [6.07, 6.45) is 1.86. The van der Waals surface area contributed by atoms with E-state index in [0.717, 1.165) is 19.5 Å². The van der Waals surface area contributed by atoms with Crippen molar-refractivity contribution in [2.75, 3.05) is 13.1 Å². The summed E-state index contributed by atoms with van der Waals surface area (Å²) in [6, 6.07) is 1.50. The average Bonchev–Trinajstić information content (AvgIpc) is 2.89. The summed E-state index contributed by atoms with van der Waals surface area (Å²) in [7, 11) is 0. The third kappa shape index (κ3) is 4.50. The number of carbonyl (C=O) groups excluding carboxylic acids is 2. The highest BCUT2D eigenvalue weighted by Crippen LogP contribution is 2.23. The summed E-state index contributed by atoms with van der Waals surface area (Å²) in [4.78, 5) is 29.6. The van der Waals surface area contributed by atoms with Crippen LogP contribution in [0.2, 0.25) is 5.02 Å². The van der Waals surface area contributed by atoms with Crippen LogP contribution in [-0.4, -0.2) is 41.0 Å². The maximum Gasteiger partial charge on any atom is 0.355 e. The number of likely N-dealkylation sites (tertiary alicyclic amines) is 1. The lowest BCUT2D eigenvalue weighted by atomic mass is 9.91.